The fourth-order valence-corrected chi connectivity index (χ4v) is 0.232. The van der Waals surface area contributed by atoms with E-state index in [9.17, 15) is 0 Å². The molecule has 0 amide bonds. The van der Waals surface area contributed by atoms with Crippen LogP contribution in [0.2, 0.25) is 0 Å². The van der Waals surface area contributed by atoms with Gasteiger partial charge in [-0.15, -0.1) is 0 Å². The molecule has 0 bridgehead atoms. The summed E-state index contributed by atoms with van der Waals surface area (Å²) in [5.74, 6) is 0. The number of rotatable bonds is 3. The molecule has 0 aliphatic heterocycles. The van der Waals surface area contributed by atoms with E-state index >= 15 is 0 Å². The summed E-state index contributed by atoms with van der Waals surface area (Å²) in [5, 5.41) is 0. The molecule has 0 radical (unpaired) electrons. The van der Waals surface area contributed by atoms with Gasteiger partial charge in [0.2, 0.25) is 6.41 Å². The fourth-order valence-electron chi connectivity index (χ4n) is 0.232. The quantitative estimate of drug-likeness (QED) is 0.510. The predicted molar refractivity (Wildman–Crippen MR) is 26.6 cm³/mol. The second-order valence-corrected chi connectivity index (χ2v) is 1.06. The summed E-state index contributed by atoms with van der Waals surface area (Å²) in [6, 6.07) is 0. The van der Waals surface area contributed by atoms with Gasteiger partial charge in [-0.25, -0.2) is 0 Å². The molecule has 2 N–H and O–H groups in total. The van der Waals surface area contributed by atoms with Crippen molar-refractivity contribution in [3.8, 4) is 0 Å². The molecule has 0 aliphatic carbocycles. The molecule has 0 aromatic rings. The van der Waals surface area contributed by atoms with Crippen molar-refractivity contribution in [3.05, 3.63) is 0 Å². The molecule has 3 nitrogen and oxygen atoms in total. The largest absolute Gasteiger partial charge is 0.343 e. The molecule has 1 atom stereocenters. The van der Waals surface area contributed by atoms with Gasteiger partial charge in [0.15, 0.2) is 0 Å². The molecule has 3 heteroatoms. The lowest BCUT2D eigenvalue weighted by atomic mass is 10.9. The summed E-state index contributed by atoms with van der Waals surface area (Å²) < 4.78 is 9.29. The minimum atomic E-state index is -0.551. The minimum absolute atomic E-state index is 0.551. The van der Waals surface area contributed by atoms with Crippen LogP contribution >= 0.6 is 0 Å². The topological polar surface area (TPSA) is 44.5 Å². The van der Waals surface area contributed by atoms with Crippen LogP contribution in [0.3, 0.4) is 0 Å². The highest BCUT2D eigenvalue weighted by Gasteiger charge is 1.91. The Labute approximate surface area is 43.4 Å². The van der Waals surface area contributed by atoms with Crippen molar-refractivity contribution >= 4 is 0 Å². The Balaban J connectivity index is 2.83. The van der Waals surface area contributed by atoms with Gasteiger partial charge in [0.25, 0.3) is 0 Å². The fraction of sp³-hybridized carbons (Fsp3) is 1.00. The van der Waals surface area contributed by atoms with Crippen molar-refractivity contribution in [1.29, 1.82) is 0 Å². The molecule has 44 valence electrons. The molecule has 0 aliphatic rings. The van der Waals surface area contributed by atoms with Crippen molar-refractivity contribution in [3.63, 3.8) is 0 Å². The van der Waals surface area contributed by atoms with E-state index in [1.807, 2.05) is 6.92 Å². The first kappa shape index (κ1) is 6.88. The molecule has 0 aromatic carbocycles. The van der Waals surface area contributed by atoms with Crippen LogP contribution in [0.4, 0.5) is 0 Å². The van der Waals surface area contributed by atoms with E-state index in [2.05, 4.69) is 4.74 Å². The summed E-state index contributed by atoms with van der Waals surface area (Å²) in [4.78, 5) is 0. The summed E-state index contributed by atoms with van der Waals surface area (Å²) in [6.45, 7) is 2.45. The van der Waals surface area contributed by atoms with Crippen molar-refractivity contribution < 1.29 is 9.47 Å². The van der Waals surface area contributed by atoms with Crippen LogP contribution in [-0.2, 0) is 9.47 Å². The van der Waals surface area contributed by atoms with Crippen molar-refractivity contribution in [2.24, 2.45) is 5.73 Å². The number of methoxy groups -OCH3 is 1. The standard InChI is InChI=1S/C4H11NO2/c1-3-7-4(5)6-2/h4H,3,5H2,1-2H3. The molecule has 1 unspecified atom stereocenters. The Kier molecular flexibility index (Phi) is 3.98. The van der Waals surface area contributed by atoms with Gasteiger partial charge in [0.1, 0.15) is 0 Å². The van der Waals surface area contributed by atoms with Gasteiger partial charge in [-0.2, -0.15) is 0 Å². The van der Waals surface area contributed by atoms with Crippen LogP contribution in [0.25, 0.3) is 0 Å². The predicted octanol–water partition coefficient (Wildman–Crippen LogP) is -0.0884. The molecule has 0 rings (SSSR count). The van der Waals surface area contributed by atoms with Crippen LogP contribution in [0.1, 0.15) is 6.92 Å². The van der Waals surface area contributed by atoms with Gasteiger partial charge in [0, 0.05) is 13.7 Å². The van der Waals surface area contributed by atoms with Crippen LogP contribution in [0.15, 0.2) is 0 Å². The lowest BCUT2D eigenvalue weighted by Gasteiger charge is -2.06. The van der Waals surface area contributed by atoms with E-state index in [4.69, 9.17) is 10.5 Å². The Morgan fingerprint density at radius 1 is 1.71 bits per heavy atom. The van der Waals surface area contributed by atoms with E-state index in [1.165, 1.54) is 7.11 Å². The molecule has 0 fully saturated rings. The molecule has 0 saturated heterocycles. The zero-order valence-corrected chi connectivity index (χ0v) is 4.68. The minimum Gasteiger partial charge on any atom is -0.343 e. The first-order valence-corrected chi connectivity index (χ1v) is 2.21. The third-order valence-corrected chi connectivity index (χ3v) is 0.563. The first-order chi connectivity index (χ1) is 3.31. The Hall–Kier alpha value is -0.120. The molecule has 7 heavy (non-hydrogen) atoms. The van der Waals surface area contributed by atoms with Gasteiger partial charge < -0.3 is 9.47 Å². The second kappa shape index (κ2) is 4.05. The zero-order valence-electron chi connectivity index (χ0n) is 4.68. The smallest absolute Gasteiger partial charge is 0.213 e. The molecule has 0 aromatic heterocycles. The van der Waals surface area contributed by atoms with E-state index in [0.29, 0.717) is 6.61 Å². The average Bonchev–Trinajstić information content (AvgIpc) is 1.68. The maximum Gasteiger partial charge on any atom is 0.213 e. The van der Waals surface area contributed by atoms with E-state index < -0.39 is 6.41 Å². The van der Waals surface area contributed by atoms with E-state index in [1.54, 1.807) is 0 Å². The van der Waals surface area contributed by atoms with E-state index in [-0.39, 0.29) is 0 Å². The number of nitrogens with two attached hydrogens (primary N) is 1. The van der Waals surface area contributed by atoms with Crippen molar-refractivity contribution in [2.75, 3.05) is 13.7 Å². The van der Waals surface area contributed by atoms with Gasteiger partial charge in [-0.1, -0.05) is 0 Å². The third-order valence-electron chi connectivity index (χ3n) is 0.563. The van der Waals surface area contributed by atoms with Crippen molar-refractivity contribution in [2.45, 2.75) is 13.3 Å². The van der Waals surface area contributed by atoms with Crippen LogP contribution in [0, 0.1) is 0 Å². The molecular formula is C4H11NO2. The van der Waals surface area contributed by atoms with Crippen LogP contribution < -0.4 is 5.73 Å². The Morgan fingerprint density at radius 2 is 2.29 bits per heavy atom. The zero-order chi connectivity index (χ0) is 5.70. The Bertz CT molecular complexity index is 40.7. The van der Waals surface area contributed by atoms with Crippen LogP contribution in [0.5, 0.6) is 0 Å². The molecule has 0 saturated carbocycles. The number of ether oxygens (including phenoxy) is 2. The van der Waals surface area contributed by atoms with Gasteiger partial charge in [0.05, 0.1) is 0 Å². The number of hydrogen-bond donors (Lipinski definition) is 1. The normalized spacial score (nSPS) is 14.1. The highest BCUT2D eigenvalue weighted by molar-refractivity contribution is 4.19. The summed E-state index contributed by atoms with van der Waals surface area (Å²) in [7, 11) is 1.50. The molecule has 0 heterocycles. The molecule has 0 spiro atoms. The van der Waals surface area contributed by atoms with Gasteiger partial charge in [-0.05, 0) is 6.92 Å². The second-order valence-electron chi connectivity index (χ2n) is 1.06. The maximum atomic E-state index is 5.14. The number of hydrogen-bond acceptors (Lipinski definition) is 3. The van der Waals surface area contributed by atoms with E-state index in [0.717, 1.165) is 0 Å². The summed E-state index contributed by atoms with van der Waals surface area (Å²) >= 11 is 0. The lowest BCUT2D eigenvalue weighted by molar-refractivity contribution is -0.115. The molecular weight excluding hydrogens is 94.0 g/mol. The summed E-state index contributed by atoms with van der Waals surface area (Å²) in [6.07, 6.45) is -0.551. The lowest BCUT2D eigenvalue weighted by Crippen LogP contribution is -2.25. The monoisotopic (exact) mass is 105 g/mol. The third kappa shape index (κ3) is 3.72. The first-order valence-electron chi connectivity index (χ1n) is 2.21. The summed E-state index contributed by atoms with van der Waals surface area (Å²) in [5.41, 5.74) is 5.14. The maximum absolute atomic E-state index is 5.14. The Morgan fingerprint density at radius 3 is 2.43 bits per heavy atom. The SMILES string of the molecule is CCOC(N)OC. The highest BCUT2D eigenvalue weighted by Crippen LogP contribution is 1.79. The van der Waals surface area contributed by atoms with Gasteiger partial charge in [-0.3, -0.25) is 5.73 Å². The van der Waals surface area contributed by atoms with Crippen molar-refractivity contribution in [1.82, 2.24) is 0 Å². The van der Waals surface area contributed by atoms with Crippen LogP contribution in [-0.4, -0.2) is 20.1 Å². The van der Waals surface area contributed by atoms with Gasteiger partial charge >= 0.3 is 0 Å². The highest BCUT2D eigenvalue weighted by atomic mass is 16.7. The average molecular weight is 105 g/mol.